The molecule has 0 atom stereocenters. The van der Waals surface area contributed by atoms with Crippen LogP contribution < -0.4 is 11.3 Å². The van der Waals surface area contributed by atoms with Gasteiger partial charge in [-0.15, -0.1) is 0 Å². The molecule has 0 spiro atoms. The number of halogens is 1. The quantitative estimate of drug-likeness (QED) is 0.613. The lowest BCUT2D eigenvalue weighted by atomic mass is 10.2. The summed E-state index contributed by atoms with van der Waals surface area (Å²) in [6.07, 6.45) is 1.71. The van der Waals surface area contributed by atoms with E-state index in [2.05, 4.69) is 4.57 Å². The molecule has 0 saturated carbocycles. The summed E-state index contributed by atoms with van der Waals surface area (Å²) in [6, 6.07) is 20.1. The van der Waals surface area contributed by atoms with Crippen molar-refractivity contribution in [2.24, 2.45) is 0 Å². The van der Waals surface area contributed by atoms with Crippen molar-refractivity contribution < 1.29 is 4.39 Å². The summed E-state index contributed by atoms with van der Waals surface area (Å²) in [5.41, 5.74) is 8.71. The van der Waals surface area contributed by atoms with Crippen LogP contribution in [0.4, 0.5) is 10.1 Å². The minimum atomic E-state index is -0.276. The Morgan fingerprint density at radius 3 is 2.54 bits per heavy atom. The number of nitrogens with zero attached hydrogens (tertiary/aromatic N) is 2. The SMILES string of the molecule is Nc1cccn(Cc2cc3cc(F)ccc3n2Cc2ccccc2)c1=O. The summed E-state index contributed by atoms with van der Waals surface area (Å²) in [7, 11) is 0. The zero-order chi connectivity index (χ0) is 18.1. The van der Waals surface area contributed by atoms with Crippen molar-refractivity contribution in [3.05, 3.63) is 100 Å². The molecule has 26 heavy (non-hydrogen) atoms. The Balaban J connectivity index is 1.83. The van der Waals surface area contributed by atoms with E-state index < -0.39 is 0 Å². The van der Waals surface area contributed by atoms with Gasteiger partial charge in [0, 0.05) is 29.3 Å². The first kappa shape index (κ1) is 16.1. The van der Waals surface area contributed by atoms with E-state index in [4.69, 9.17) is 5.73 Å². The predicted octanol–water partition coefficient (Wildman–Crippen LogP) is 3.62. The molecule has 5 heteroatoms. The summed E-state index contributed by atoms with van der Waals surface area (Å²) in [5.74, 6) is -0.276. The fourth-order valence-electron chi connectivity index (χ4n) is 3.24. The first-order valence-electron chi connectivity index (χ1n) is 8.38. The highest BCUT2D eigenvalue weighted by atomic mass is 19.1. The molecule has 4 nitrogen and oxygen atoms in total. The Morgan fingerprint density at radius 1 is 0.923 bits per heavy atom. The first-order valence-corrected chi connectivity index (χ1v) is 8.38. The van der Waals surface area contributed by atoms with Crippen LogP contribution in [-0.2, 0) is 13.1 Å². The molecular formula is C21H18FN3O. The van der Waals surface area contributed by atoms with Gasteiger partial charge in [-0.25, -0.2) is 4.39 Å². The molecule has 2 N–H and O–H groups in total. The molecule has 2 aromatic carbocycles. The van der Waals surface area contributed by atoms with Gasteiger partial charge in [0.05, 0.1) is 12.2 Å². The maximum atomic E-state index is 13.7. The van der Waals surface area contributed by atoms with E-state index >= 15 is 0 Å². The Hall–Kier alpha value is -3.34. The summed E-state index contributed by atoms with van der Waals surface area (Å²) in [4.78, 5) is 12.3. The van der Waals surface area contributed by atoms with E-state index in [0.29, 0.717) is 13.1 Å². The van der Waals surface area contributed by atoms with Gasteiger partial charge in [0.1, 0.15) is 5.82 Å². The molecule has 0 aliphatic carbocycles. The highest BCUT2D eigenvalue weighted by Gasteiger charge is 2.12. The Kier molecular flexibility index (Phi) is 4.05. The van der Waals surface area contributed by atoms with Crippen molar-refractivity contribution in [1.29, 1.82) is 0 Å². The number of aromatic nitrogens is 2. The molecule has 0 fully saturated rings. The van der Waals surface area contributed by atoms with Crippen LogP contribution in [0, 0.1) is 5.82 Å². The molecule has 0 amide bonds. The van der Waals surface area contributed by atoms with Crippen molar-refractivity contribution in [3.63, 3.8) is 0 Å². The summed E-state index contributed by atoms with van der Waals surface area (Å²) >= 11 is 0. The molecule has 2 heterocycles. The Labute approximate surface area is 149 Å². The van der Waals surface area contributed by atoms with Gasteiger partial charge in [0.2, 0.25) is 0 Å². The summed E-state index contributed by atoms with van der Waals surface area (Å²) in [6.45, 7) is 1.01. The van der Waals surface area contributed by atoms with Crippen molar-refractivity contribution in [3.8, 4) is 0 Å². The fourth-order valence-corrected chi connectivity index (χ4v) is 3.24. The number of anilines is 1. The lowest BCUT2D eigenvalue weighted by molar-refractivity contribution is 0.629. The largest absolute Gasteiger partial charge is 0.394 e. The van der Waals surface area contributed by atoms with Crippen LogP contribution in [-0.4, -0.2) is 9.13 Å². The minimum absolute atomic E-state index is 0.212. The van der Waals surface area contributed by atoms with Crippen LogP contribution in [0.25, 0.3) is 10.9 Å². The van der Waals surface area contributed by atoms with Crippen LogP contribution in [0.3, 0.4) is 0 Å². The lowest BCUT2D eigenvalue weighted by Crippen LogP contribution is -2.23. The van der Waals surface area contributed by atoms with Gasteiger partial charge in [-0.1, -0.05) is 30.3 Å². The maximum absolute atomic E-state index is 13.7. The van der Waals surface area contributed by atoms with Gasteiger partial charge in [0.25, 0.3) is 5.56 Å². The molecule has 0 bridgehead atoms. The first-order chi connectivity index (χ1) is 12.6. The number of nitrogens with two attached hydrogens (primary N) is 1. The maximum Gasteiger partial charge on any atom is 0.274 e. The second-order valence-electron chi connectivity index (χ2n) is 6.31. The molecule has 2 aromatic heterocycles. The van der Waals surface area contributed by atoms with Crippen molar-refractivity contribution >= 4 is 16.6 Å². The zero-order valence-electron chi connectivity index (χ0n) is 14.1. The van der Waals surface area contributed by atoms with E-state index in [1.54, 1.807) is 29.0 Å². The second-order valence-corrected chi connectivity index (χ2v) is 6.31. The van der Waals surface area contributed by atoms with E-state index in [1.807, 2.05) is 36.4 Å². The number of fused-ring (bicyclic) bond motifs is 1. The van der Waals surface area contributed by atoms with Gasteiger partial charge < -0.3 is 14.9 Å². The smallest absolute Gasteiger partial charge is 0.274 e. The summed E-state index contributed by atoms with van der Waals surface area (Å²) < 4.78 is 17.3. The fraction of sp³-hybridized carbons (Fsp3) is 0.0952. The molecular weight excluding hydrogens is 329 g/mol. The number of rotatable bonds is 4. The van der Waals surface area contributed by atoms with Gasteiger partial charge >= 0.3 is 0 Å². The van der Waals surface area contributed by atoms with E-state index in [-0.39, 0.29) is 17.1 Å². The zero-order valence-corrected chi connectivity index (χ0v) is 14.1. The highest BCUT2D eigenvalue weighted by Crippen LogP contribution is 2.23. The molecule has 0 aliphatic heterocycles. The third-order valence-electron chi connectivity index (χ3n) is 4.51. The second kappa shape index (κ2) is 6.52. The molecule has 4 rings (SSSR count). The Bertz CT molecular complexity index is 1130. The van der Waals surface area contributed by atoms with E-state index in [9.17, 15) is 9.18 Å². The summed E-state index contributed by atoms with van der Waals surface area (Å²) in [5, 5.41) is 0.813. The molecule has 0 saturated heterocycles. The van der Waals surface area contributed by atoms with Gasteiger partial charge in [0.15, 0.2) is 0 Å². The molecule has 0 unspecified atom stereocenters. The van der Waals surface area contributed by atoms with Gasteiger partial charge in [-0.05, 0) is 42.0 Å². The number of pyridine rings is 1. The van der Waals surface area contributed by atoms with Crippen molar-refractivity contribution in [2.75, 3.05) is 5.73 Å². The molecule has 0 radical (unpaired) electrons. The molecule has 0 aliphatic rings. The number of nitrogen functional groups attached to an aromatic ring is 1. The highest BCUT2D eigenvalue weighted by molar-refractivity contribution is 5.81. The Morgan fingerprint density at radius 2 is 1.73 bits per heavy atom. The molecule has 130 valence electrons. The number of hydrogen-bond donors (Lipinski definition) is 1. The topological polar surface area (TPSA) is 52.9 Å². The number of hydrogen-bond acceptors (Lipinski definition) is 2. The van der Waals surface area contributed by atoms with Crippen molar-refractivity contribution in [1.82, 2.24) is 9.13 Å². The van der Waals surface area contributed by atoms with Crippen molar-refractivity contribution in [2.45, 2.75) is 13.1 Å². The van der Waals surface area contributed by atoms with Crippen LogP contribution in [0.15, 0.2) is 77.7 Å². The molecule has 4 aromatic rings. The third-order valence-corrected chi connectivity index (χ3v) is 4.51. The monoisotopic (exact) mass is 347 g/mol. The third kappa shape index (κ3) is 2.99. The average molecular weight is 347 g/mol. The van der Waals surface area contributed by atoms with Crippen LogP contribution in [0.2, 0.25) is 0 Å². The van der Waals surface area contributed by atoms with Gasteiger partial charge in [-0.3, -0.25) is 4.79 Å². The number of benzene rings is 2. The minimum Gasteiger partial charge on any atom is -0.394 e. The van der Waals surface area contributed by atoms with Gasteiger partial charge in [-0.2, -0.15) is 0 Å². The lowest BCUT2D eigenvalue weighted by Gasteiger charge is -2.13. The van der Waals surface area contributed by atoms with Crippen LogP contribution >= 0.6 is 0 Å². The van der Waals surface area contributed by atoms with Crippen LogP contribution in [0.1, 0.15) is 11.3 Å². The van der Waals surface area contributed by atoms with E-state index in [0.717, 1.165) is 22.2 Å². The normalized spacial score (nSPS) is 11.1. The predicted molar refractivity (Wildman–Crippen MR) is 102 cm³/mol. The van der Waals surface area contributed by atoms with E-state index in [1.165, 1.54) is 12.1 Å². The average Bonchev–Trinajstić information content (AvgIpc) is 2.96. The van der Waals surface area contributed by atoms with Crippen LogP contribution in [0.5, 0.6) is 0 Å². The standard InChI is InChI=1S/C21H18FN3O/c22-17-8-9-20-16(11-17)12-18(14-24-10-4-7-19(23)21(24)26)25(20)13-15-5-2-1-3-6-15/h1-12H,13-14,23H2.